The van der Waals surface area contributed by atoms with Gasteiger partial charge in [-0.25, -0.2) is 8.42 Å². The fraction of sp³-hybridized carbons (Fsp3) is 0.208. The summed E-state index contributed by atoms with van der Waals surface area (Å²) < 4.78 is 37.9. The summed E-state index contributed by atoms with van der Waals surface area (Å²) in [7, 11) is -0.532. The van der Waals surface area contributed by atoms with E-state index in [-0.39, 0.29) is 17.3 Å². The molecule has 1 amide bonds. The average Bonchev–Trinajstić information content (AvgIpc) is 2.83. The monoisotopic (exact) mass is 452 g/mol. The molecule has 0 spiro atoms. The zero-order chi connectivity index (χ0) is 22.7. The summed E-state index contributed by atoms with van der Waals surface area (Å²) in [5.74, 6) is 0.709. The van der Waals surface area contributed by atoms with E-state index in [1.54, 1.807) is 48.5 Å². The molecule has 0 saturated heterocycles. The highest BCUT2D eigenvalue weighted by Gasteiger charge is 2.28. The van der Waals surface area contributed by atoms with Crippen LogP contribution in [0.25, 0.3) is 0 Å². The van der Waals surface area contributed by atoms with Crippen molar-refractivity contribution in [3.8, 4) is 11.5 Å². The molecule has 1 aliphatic heterocycles. The van der Waals surface area contributed by atoms with E-state index < -0.39 is 10.0 Å². The van der Waals surface area contributed by atoms with Crippen LogP contribution in [-0.2, 0) is 23.0 Å². The maximum absolute atomic E-state index is 13.0. The number of methoxy groups -OCH3 is 2. The number of anilines is 1. The van der Waals surface area contributed by atoms with Crippen molar-refractivity contribution in [3.63, 3.8) is 0 Å². The molecule has 0 bridgehead atoms. The summed E-state index contributed by atoms with van der Waals surface area (Å²) in [6, 6.07) is 19.0. The van der Waals surface area contributed by atoms with Gasteiger partial charge in [-0.1, -0.05) is 24.3 Å². The zero-order valence-electron chi connectivity index (χ0n) is 17.9. The highest BCUT2D eigenvalue weighted by atomic mass is 32.2. The van der Waals surface area contributed by atoms with Crippen molar-refractivity contribution >= 4 is 21.6 Å². The number of amides is 1. The number of carbonyl (C=O) groups is 1. The minimum absolute atomic E-state index is 0.257. The number of fused-ring (bicyclic) bond motifs is 1. The third kappa shape index (κ3) is 4.32. The summed E-state index contributed by atoms with van der Waals surface area (Å²) in [6.45, 7) is 0.675. The number of hydrogen-bond donors (Lipinski definition) is 1. The molecule has 4 rings (SSSR count). The smallest absolute Gasteiger partial charge is 0.255 e. The Morgan fingerprint density at radius 2 is 1.66 bits per heavy atom. The van der Waals surface area contributed by atoms with Gasteiger partial charge in [0, 0.05) is 24.3 Å². The molecule has 0 radical (unpaired) electrons. The molecule has 3 aromatic carbocycles. The zero-order valence-corrected chi connectivity index (χ0v) is 18.7. The lowest BCUT2D eigenvalue weighted by Crippen LogP contribution is -2.36. The highest BCUT2D eigenvalue weighted by molar-refractivity contribution is 7.89. The fourth-order valence-corrected chi connectivity index (χ4v) is 5.18. The second-order valence-electron chi connectivity index (χ2n) is 7.41. The van der Waals surface area contributed by atoms with Crippen LogP contribution in [0.1, 0.15) is 21.5 Å². The van der Waals surface area contributed by atoms with Crippen molar-refractivity contribution < 1.29 is 22.7 Å². The molecule has 7 nitrogen and oxygen atoms in total. The number of benzene rings is 3. The number of nitrogens with one attached hydrogen (secondary N) is 1. The van der Waals surface area contributed by atoms with Crippen molar-refractivity contribution in [1.82, 2.24) is 4.31 Å². The summed E-state index contributed by atoms with van der Waals surface area (Å²) in [4.78, 5) is 13.0. The highest BCUT2D eigenvalue weighted by Crippen LogP contribution is 2.29. The van der Waals surface area contributed by atoms with Gasteiger partial charge in [-0.15, -0.1) is 0 Å². The molecule has 8 heteroatoms. The lowest BCUT2D eigenvalue weighted by Gasteiger charge is -2.28. The van der Waals surface area contributed by atoms with Gasteiger partial charge < -0.3 is 14.8 Å². The van der Waals surface area contributed by atoms with Crippen LogP contribution in [0, 0.1) is 0 Å². The Morgan fingerprint density at radius 3 is 2.38 bits per heavy atom. The maximum Gasteiger partial charge on any atom is 0.255 e. The van der Waals surface area contributed by atoms with Gasteiger partial charge in [0.1, 0.15) is 0 Å². The van der Waals surface area contributed by atoms with E-state index in [1.807, 2.05) is 18.2 Å². The second-order valence-corrected chi connectivity index (χ2v) is 9.35. The van der Waals surface area contributed by atoms with Crippen LogP contribution in [-0.4, -0.2) is 39.4 Å². The fourth-order valence-electron chi connectivity index (χ4n) is 3.74. The minimum atomic E-state index is -3.58. The molecule has 32 heavy (non-hydrogen) atoms. The number of nitrogens with zero attached hydrogens (tertiary/aromatic N) is 1. The summed E-state index contributed by atoms with van der Waals surface area (Å²) in [6.07, 6.45) is 0.616. The van der Waals surface area contributed by atoms with Crippen LogP contribution >= 0.6 is 0 Å². The number of hydrogen-bond acceptors (Lipinski definition) is 5. The van der Waals surface area contributed by atoms with Crippen LogP contribution in [0.2, 0.25) is 0 Å². The first-order chi connectivity index (χ1) is 15.4. The topological polar surface area (TPSA) is 84.9 Å². The van der Waals surface area contributed by atoms with Gasteiger partial charge in [0.05, 0.1) is 19.1 Å². The van der Waals surface area contributed by atoms with E-state index in [0.29, 0.717) is 35.7 Å². The Hall–Kier alpha value is -3.36. The first-order valence-corrected chi connectivity index (χ1v) is 11.6. The van der Waals surface area contributed by atoms with Gasteiger partial charge in [-0.3, -0.25) is 4.79 Å². The Kier molecular flexibility index (Phi) is 6.16. The summed E-state index contributed by atoms with van der Waals surface area (Å²) in [5.41, 5.74) is 2.98. The molecule has 0 aliphatic carbocycles. The van der Waals surface area contributed by atoms with Crippen molar-refractivity contribution in [3.05, 3.63) is 83.4 Å². The third-order valence-electron chi connectivity index (χ3n) is 5.47. The van der Waals surface area contributed by atoms with Gasteiger partial charge in [0.2, 0.25) is 10.0 Å². The lowest BCUT2D eigenvalue weighted by atomic mass is 10.0. The van der Waals surface area contributed by atoms with Crippen LogP contribution in [0.4, 0.5) is 5.69 Å². The largest absolute Gasteiger partial charge is 0.493 e. The SMILES string of the molecule is COc1ccc(C(=O)Nc2ccc3c(c2)CN(S(=O)(=O)c2ccccc2)CC3)cc1OC. The van der Waals surface area contributed by atoms with E-state index in [2.05, 4.69) is 5.32 Å². The van der Waals surface area contributed by atoms with E-state index in [0.717, 1.165) is 11.1 Å². The molecule has 0 unspecified atom stereocenters. The van der Waals surface area contributed by atoms with Crippen LogP contribution in [0.3, 0.4) is 0 Å². The van der Waals surface area contributed by atoms with Crippen LogP contribution < -0.4 is 14.8 Å². The number of sulfonamides is 1. The Labute approximate surface area is 187 Å². The number of carbonyl (C=O) groups excluding carboxylic acids is 1. The molecule has 166 valence electrons. The first-order valence-electron chi connectivity index (χ1n) is 10.1. The molecule has 3 aromatic rings. The molecule has 1 aliphatic rings. The molecular formula is C24H24N2O5S. The molecule has 0 fully saturated rings. The standard InChI is InChI=1S/C24H24N2O5S/c1-30-22-11-9-18(15-23(22)31-2)24(27)25-20-10-8-17-12-13-26(16-19(17)14-20)32(28,29)21-6-4-3-5-7-21/h3-11,14-15H,12-13,16H2,1-2H3,(H,25,27). The van der Waals surface area contributed by atoms with Crippen molar-refractivity contribution in [1.29, 1.82) is 0 Å². The third-order valence-corrected chi connectivity index (χ3v) is 7.33. The summed E-state index contributed by atoms with van der Waals surface area (Å²) >= 11 is 0. The number of rotatable bonds is 6. The first kappa shape index (κ1) is 21.9. The van der Waals surface area contributed by atoms with Gasteiger partial charge in [-0.05, 0) is 60.0 Å². The molecule has 0 atom stereocenters. The number of ether oxygens (including phenoxy) is 2. The molecule has 0 saturated carbocycles. The van der Waals surface area contributed by atoms with Gasteiger partial charge in [0.25, 0.3) is 5.91 Å². The van der Waals surface area contributed by atoms with Gasteiger partial charge in [0.15, 0.2) is 11.5 Å². The van der Waals surface area contributed by atoms with Crippen LogP contribution in [0.5, 0.6) is 11.5 Å². The normalized spacial score (nSPS) is 13.8. The summed E-state index contributed by atoms with van der Waals surface area (Å²) in [5, 5.41) is 2.88. The molecule has 1 heterocycles. The van der Waals surface area contributed by atoms with Gasteiger partial charge in [-0.2, -0.15) is 4.31 Å². The maximum atomic E-state index is 13.0. The van der Waals surface area contributed by atoms with Crippen molar-refractivity contribution in [2.24, 2.45) is 0 Å². The average molecular weight is 453 g/mol. The predicted octanol–water partition coefficient (Wildman–Crippen LogP) is 3.70. The van der Waals surface area contributed by atoms with Gasteiger partial charge >= 0.3 is 0 Å². The second kappa shape index (κ2) is 9.02. The Bertz CT molecular complexity index is 1240. The van der Waals surface area contributed by atoms with E-state index >= 15 is 0 Å². The van der Waals surface area contributed by atoms with E-state index in [4.69, 9.17) is 9.47 Å². The Balaban J connectivity index is 1.53. The van der Waals surface area contributed by atoms with E-state index in [1.165, 1.54) is 18.5 Å². The van der Waals surface area contributed by atoms with Crippen LogP contribution in [0.15, 0.2) is 71.6 Å². The molecular weight excluding hydrogens is 428 g/mol. The quantitative estimate of drug-likeness (QED) is 0.616. The predicted molar refractivity (Wildman–Crippen MR) is 122 cm³/mol. The minimum Gasteiger partial charge on any atom is -0.493 e. The van der Waals surface area contributed by atoms with E-state index in [9.17, 15) is 13.2 Å². The molecule has 1 N–H and O–H groups in total. The Morgan fingerprint density at radius 1 is 0.906 bits per heavy atom. The lowest BCUT2D eigenvalue weighted by molar-refractivity contribution is 0.102. The molecule has 0 aromatic heterocycles. The van der Waals surface area contributed by atoms with Crippen molar-refractivity contribution in [2.75, 3.05) is 26.1 Å². The van der Waals surface area contributed by atoms with Crippen molar-refractivity contribution in [2.45, 2.75) is 17.9 Å².